The van der Waals surface area contributed by atoms with Crippen molar-refractivity contribution in [2.24, 2.45) is 0 Å². The lowest BCUT2D eigenvalue weighted by Crippen LogP contribution is -2.19. The molecule has 0 atom stereocenters. The SMILES string of the molecule is CNS(=O)(=O)c1cc(C(=O)OCc2ccc(C(=O)OC)o2)ccc1Cl. The minimum atomic E-state index is -3.82. The Morgan fingerprint density at radius 2 is 1.92 bits per heavy atom. The molecule has 0 fully saturated rings. The third-order valence-electron chi connectivity index (χ3n) is 3.12. The number of sulfonamides is 1. The first kappa shape index (κ1) is 19.0. The first-order chi connectivity index (χ1) is 11.8. The molecule has 1 N–H and O–H groups in total. The number of hydrogen-bond donors (Lipinski definition) is 1. The van der Waals surface area contributed by atoms with Crippen LogP contribution in [0.5, 0.6) is 0 Å². The first-order valence-electron chi connectivity index (χ1n) is 6.85. The van der Waals surface area contributed by atoms with Gasteiger partial charge in [0.25, 0.3) is 0 Å². The summed E-state index contributed by atoms with van der Waals surface area (Å²) in [6, 6.07) is 6.57. The fraction of sp³-hybridized carbons (Fsp3) is 0.200. The van der Waals surface area contributed by atoms with Gasteiger partial charge in [0, 0.05) is 0 Å². The molecule has 0 amide bonds. The summed E-state index contributed by atoms with van der Waals surface area (Å²) in [5.41, 5.74) is -0.00188. The standard InChI is InChI=1S/C15H14ClNO7S/c1-17-25(20,21)13-7-9(3-5-11(13)16)14(18)23-8-10-4-6-12(24-10)15(19)22-2/h3-7,17H,8H2,1-2H3. The molecule has 0 saturated heterocycles. The van der Waals surface area contributed by atoms with E-state index in [-0.39, 0.29) is 33.6 Å². The largest absolute Gasteiger partial charge is 0.463 e. The van der Waals surface area contributed by atoms with E-state index >= 15 is 0 Å². The molecule has 0 bridgehead atoms. The Labute approximate surface area is 148 Å². The minimum Gasteiger partial charge on any atom is -0.463 e. The number of rotatable bonds is 6. The van der Waals surface area contributed by atoms with Gasteiger partial charge < -0.3 is 13.9 Å². The van der Waals surface area contributed by atoms with Crippen molar-refractivity contribution < 1.29 is 31.9 Å². The van der Waals surface area contributed by atoms with Gasteiger partial charge in [0.1, 0.15) is 17.3 Å². The molecule has 0 saturated carbocycles. The molecule has 8 nitrogen and oxygen atoms in total. The van der Waals surface area contributed by atoms with E-state index in [0.717, 1.165) is 6.07 Å². The molecule has 0 aliphatic rings. The van der Waals surface area contributed by atoms with Gasteiger partial charge in [-0.15, -0.1) is 0 Å². The highest BCUT2D eigenvalue weighted by atomic mass is 35.5. The predicted molar refractivity (Wildman–Crippen MR) is 86.9 cm³/mol. The third-order valence-corrected chi connectivity index (χ3v) is 5.01. The summed E-state index contributed by atoms with van der Waals surface area (Å²) in [5.74, 6) is -1.23. The van der Waals surface area contributed by atoms with Crippen LogP contribution in [0.3, 0.4) is 0 Å². The number of ether oxygens (including phenoxy) is 2. The zero-order valence-electron chi connectivity index (χ0n) is 13.2. The Morgan fingerprint density at radius 1 is 1.20 bits per heavy atom. The van der Waals surface area contributed by atoms with Gasteiger partial charge >= 0.3 is 11.9 Å². The molecule has 134 valence electrons. The summed E-state index contributed by atoms with van der Waals surface area (Å²) in [6.45, 7) is -0.243. The highest BCUT2D eigenvalue weighted by Gasteiger charge is 2.19. The van der Waals surface area contributed by atoms with E-state index in [1.165, 1.54) is 38.4 Å². The molecule has 1 aromatic carbocycles. The molecule has 2 aromatic rings. The molecule has 0 unspecified atom stereocenters. The lowest BCUT2D eigenvalue weighted by atomic mass is 10.2. The van der Waals surface area contributed by atoms with Crippen LogP contribution in [0, 0.1) is 0 Å². The Balaban J connectivity index is 2.12. The van der Waals surface area contributed by atoms with Gasteiger partial charge in [0.15, 0.2) is 0 Å². The lowest BCUT2D eigenvalue weighted by molar-refractivity contribution is 0.0438. The molecule has 0 radical (unpaired) electrons. The van der Waals surface area contributed by atoms with Gasteiger partial charge in [0.2, 0.25) is 15.8 Å². The second-order valence-electron chi connectivity index (χ2n) is 4.69. The molecule has 0 spiro atoms. The molecule has 10 heteroatoms. The number of nitrogens with one attached hydrogen (secondary N) is 1. The van der Waals surface area contributed by atoms with E-state index in [1.807, 2.05) is 0 Å². The number of hydrogen-bond acceptors (Lipinski definition) is 7. The maximum Gasteiger partial charge on any atom is 0.373 e. The minimum absolute atomic E-state index is 0.00188. The molecular weight excluding hydrogens is 374 g/mol. The maximum atomic E-state index is 12.1. The van der Waals surface area contributed by atoms with Gasteiger partial charge in [-0.05, 0) is 37.4 Å². The Kier molecular flexibility index (Phi) is 5.83. The highest BCUT2D eigenvalue weighted by Crippen LogP contribution is 2.23. The van der Waals surface area contributed by atoms with E-state index in [1.54, 1.807) is 0 Å². The molecule has 0 aliphatic heterocycles. The summed E-state index contributed by atoms with van der Waals surface area (Å²) >= 11 is 5.85. The monoisotopic (exact) mass is 387 g/mol. The quantitative estimate of drug-likeness (QED) is 0.754. The molecular formula is C15H14ClNO7S. The fourth-order valence-corrected chi connectivity index (χ4v) is 3.08. The smallest absolute Gasteiger partial charge is 0.373 e. The predicted octanol–water partition coefficient (Wildman–Crippen LogP) is 1.98. The topological polar surface area (TPSA) is 112 Å². The van der Waals surface area contributed by atoms with Crippen LogP contribution in [-0.4, -0.2) is 34.5 Å². The number of esters is 2. The van der Waals surface area contributed by atoms with E-state index in [9.17, 15) is 18.0 Å². The van der Waals surface area contributed by atoms with Crippen LogP contribution in [0.25, 0.3) is 0 Å². The Hall–Kier alpha value is -2.36. The van der Waals surface area contributed by atoms with Crippen molar-refractivity contribution in [3.8, 4) is 0 Å². The molecule has 0 aliphatic carbocycles. The average Bonchev–Trinajstić information content (AvgIpc) is 3.08. The van der Waals surface area contributed by atoms with Crippen LogP contribution in [0.4, 0.5) is 0 Å². The molecule has 1 heterocycles. The number of methoxy groups -OCH3 is 1. The zero-order chi connectivity index (χ0) is 18.6. The van der Waals surface area contributed by atoms with Gasteiger partial charge in [-0.3, -0.25) is 0 Å². The van der Waals surface area contributed by atoms with Gasteiger partial charge in [-0.1, -0.05) is 11.6 Å². The lowest BCUT2D eigenvalue weighted by Gasteiger charge is -2.08. The second kappa shape index (κ2) is 7.68. The van der Waals surface area contributed by atoms with E-state index < -0.39 is 22.0 Å². The fourth-order valence-electron chi connectivity index (χ4n) is 1.83. The number of halogens is 1. The van der Waals surface area contributed by atoms with Gasteiger partial charge in [-0.2, -0.15) is 0 Å². The van der Waals surface area contributed by atoms with Gasteiger partial charge in [0.05, 0.1) is 17.7 Å². The van der Waals surface area contributed by atoms with E-state index in [0.29, 0.717) is 0 Å². The van der Waals surface area contributed by atoms with Crippen molar-refractivity contribution in [1.29, 1.82) is 0 Å². The van der Waals surface area contributed by atoms with Crippen LogP contribution < -0.4 is 4.72 Å². The molecule has 2 rings (SSSR count). The maximum absolute atomic E-state index is 12.1. The number of carbonyl (C=O) groups is 2. The third kappa shape index (κ3) is 4.38. The summed E-state index contributed by atoms with van der Waals surface area (Å²) in [6.07, 6.45) is 0. The Bertz CT molecular complexity index is 904. The van der Waals surface area contributed by atoms with Crippen LogP contribution in [-0.2, 0) is 26.1 Å². The van der Waals surface area contributed by atoms with Crippen LogP contribution >= 0.6 is 11.6 Å². The van der Waals surface area contributed by atoms with Gasteiger partial charge in [-0.25, -0.2) is 22.7 Å². The second-order valence-corrected chi connectivity index (χ2v) is 6.95. The number of carbonyl (C=O) groups excluding carboxylic acids is 2. The summed E-state index contributed by atoms with van der Waals surface area (Å²) in [5, 5.41) is -0.0281. The van der Waals surface area contributed by atoms with Crippen molar-refractivity contribution >= 4 is 33.6 Å². The zero-order valence-corrected chi connectivity index (χ0v) is 14.8. The Morgan fingerprint density at radius 3 is 2.56 bits per heavy atom. The number of benzene rings is 1. The van der Waals surface area contributed by atoms with Crippen LogP contribution in [0.15, 0.2) is 39.6 Å². The van der Waals surface area contributed by atoms with E-state index in [4.69, 9.17) is 20.8 Å². The first-order valence-corrected chi connectivity index (χ1v) is 8.72. The normalized spacial score (nSPS) is 11.2. The van der Waals surface area contributed by atoms with Crippen molar-refractivity contribution in [2.75, 3.05) is 14.2 Å². The molecule has 1 aromatic heterocycles. The summed E-state index contributed by atoms with van der Waals surface area (Å²) in [4.78, 5) is 23.1. The van der Waals surface area contributed by atoms with Crippen molar-refractivity contribution in [2.45, 2.75) is 11.5 Å². The van der Waals surface area contributed by atoms with Crippen molar-refractivity contribution in [3.63, 3.8) is 0 Å². The average molecular weight is 388 g/mol. The van der Waals surface area contributed by atoms with Crippen molar-refractivity contribution in [3.05, 3.63) is 52.4 Å². The molecule has 25 heavy (non-hydrogen) atoms. The van der Waals surface area contributed by atoms with E-state index in [2.05, 4.69) is 9.46 Å². The van der Waals surface area contributed by atoms with Crippen LogP contribution in [0.2, 0.25) is 5.02 Å². The number of furan rings is 1. The summed E-state index contributed by atoms with van der Waals surface area (Å²) < 4.78 is 40.5. The van der Waals surface area contributed by atoms with Crippen LogP contribution in [0.1, 0.15) is 26.7 Å². The summed E-state index contributed by atoms with van der Waals surface area (Å²) in [7, 11) is -1.38. The highest BCUT2D eigenvalue weighted by molar-refractivity contribution is 7.89. The van der Waals surface area contributed by atoms with Crippen molar-refractivity contribution in [1.82, 2.24) is 4.72 Å².